The summed E-state index contributed by atoms with van der Waals surface area (Å²) in [6.45, 7) is 5.45. The number of rotatable bonds is 7. The van der Waals surface area contributed by atoms with Crippen LogP contribution < -0.4 is 0 Å². The van der Waals surface area contributed by atoms with Crippen LogP contribution >= 0.6 is 0 Å². The molecule has 5 nitrogen and oxygen atoms in total. The van der Waals surface area contributed by atoms with Gasteiger partial charge < -0.3 is 4.52 Å². The topological polar surface area (TPSA) is 77.2 Å². The van der Waals surface area contributed by atoms with Crippen LogP contribution in [0.1, 0.15) is 46.2 Å². The number of sulfone groups is 1. The van der Waals surface area contributed by atoms with E-state index in [-0.39, 0.29) is 23.7 Å². The summed E-state index contributed by atoms with van der Waals surface area (Å²) < 4.78 is 28.8. The molecule has 1 heterocycles. The molecule has 0 bridgehead atoms. The van der Waals surface area contributed by atoms with E-state index in [1.54, 1.807) is 13.0 Å². The summed E-state index contributed by atoms with van der Waals surface area (Å²) in [5, 5.41) is 3.62. The van der Waals surface area contributed by atoms with E-state index in [0.717, 1.165) is 11.1 Å². The number of hydrogen-bond donors (Lipinski definition) is 0. The van der Waals surface area contributed by atoms with Gasteiger partial charge in [0.2, 0.25) is 0 Å². The summed E-state index contributed by atoms with van der Waals surface area (Å²) in [6, 6.07) is 5.48. The van der Waals surface area contributed by atoms with E-state index in [1.807, 2.05) is 26.0 Å². The molecular weight excluding hydrogens is 314 g/mol. The molecule has 0 aliphatic rings. The molecule has 0 saturated heterocycles. The van der Waals surface area contributed by atoms with Crippen molar-refractivity contribution in [1.82, 2.24) is 5.16 Å². The predicted molar refractivity (Wildman–Crippen MR) is 88.2 cm³/mol. The van der Waals surface area contributed by atoms with Gasteiger partial charge in [-0.25, -0.2) is 8.42 Å². The van der Waals surface area contributed by atoms with Crippen LogP contribution in [0.5, 0.6) is 0 Å². The fraction of sp³-hybridized carbons (Fsp3) is 0.412. The smallest absolute Gasteiger partial charge is 0.172 e. The van der Waals surface area contributed by atoms with Crippen molar-refractivity contribution >= 4 is 15.6 Å². The molecule has 2 rings (SSSR count). The van der Waals surface area contributed by atoms with Crippen LogP contribution in [0.3, 0.4) is 0 Å². The Balaban J connectivity index is 2.21. The lowest BCUT2D eigenvalue weighted by Gasteiger charge is -2.09. The van der Waals surface area contributed by atoms with Crippen LogP contribution in [-0.2, 0) is 22.0 Å². The summed E-state index contributed by atoms with van der Waals surface area (Å²) >= 11 is 0. The van der Waals surface area contributed by atoms with Crippen LogP contribution in [-0.4, -0.2) is 25.1 Å². The lowest BCUT2D eigenvalue weighted by molar-refractivity contribution is 0.0991. The van der Waals surface area contributed by atoms with Gasteiger partial charge in [-0.1, -0.05) is 30.3 Å². The summed E-state index contributed by atoms with van der Waals surface area (Å²) in [7, 11) is -3.10. The summed E-state index contributed by atoms with van der Waals surface area (Å²) in [6.07, 6.45) is 2.23. The van der Waals surface area contributed by atoms with Crippen LogP contribution in [0, 0.1) is 13.8 Å². The molecule has 0 atom stereocenters. The van der Waals surface area contributed by atoms with Crippen molar-refractivity contribution in [2.75, 3.05) is 5.75 Å². The predicted octanol–water partition coefficient (Wildman–Crippen LogP) is 3.04. The van der Waals surface area contributed by atoms with Crippen molar-refractivity contribution in [2.45, 2.75) is 39.4 Å². The fourth-order valence-corrected chi connectivity index (χ4v) is 3.93. The second-order valence-corrected chi connectivity index (χ2v) is 7.93. The normalized spacial score (nSPS) is 11.6. The molecule has 23 heavy (non-hydrogen) atoms. The molecule has 1 aromatic heterocycles. The minimum Gasteiger partial charge on any atom is -0.361 e. The first-order chi connectivity index (χ1) is 10.8. The number of benzene rings is 1. The zero-order valence-electron chi connectivity index (χ0n) is 13.6. The van der Waals surface area contributed by atoms with E-state index in [4.69, 9.17) is 4.52 Å². The van der Waals surface area contributed by atoms with Gasteiger partial charge in [0.25, 0.3) is 0 Å². The van der Waals surface area contributed by atoms with Gasteiger partial charge in [0, 0.05) is 6.42 Å². The number of carbonyl (C=O) groups is 1. The lowest BCUT2D eigenvalue weighted by Crippen LogP contribution is -2.10. The summed E-state index contributed by atoms with van der Waals surface area (Å²) in [5.41, 5.74) is 2.98. The van der Waals surface area contributed by atoms with Crippen LogP contribution in [0.2, 0.25) is 0 Å². The first-order valence-corrected chi connectivity index (χ1v) is 9.38. The van der Waals surface area contributed by atoms with Crippen LogP contribution in [0.25, 0.3) is 0 Å². The number of aryl methyl sites for hydroxylation is 2. The third-order valence-corrected chi connectivity index (χ3v) is 5.52. The van der Waals surface area contributed by atoms with E-state index in [0.29, 0.717) is 23.3 Å². The SMILES string of the molecule is CCCS(=O)(=O)Cc1ccc(C)c(CC(=O)c2cnoc2C)c1. The Kier molecular flexibility index (Phi) is 5.36. The van der Waals surface area contributed by atoms with Crippen molar-refractivity contribution in [3.05, 3.63) is 52.4 Å². The van der Waals surface area contributed by atoms with Gasteiger partial charge in [0.15, 0.2) is 15.6 Å². The molecule has 0 saturated carbocycles. The highest BCUT2D eigenvalue weighted by molar-refractivity contribution is 7.90. The van der Waals surface area contributed by atoms with Gasteiger partial charge in [-0.2, -0.15) is 0 Å². The number of Topliss-reactive ketones (excluding diaryl/α,β-unsaturated/α-hetero) is 1. The van der Waals surface area contributed by atoms with E-state index in [9.17, 15) is 13.2 Å². The molecule has 0 aliphatic heterocycles. The van der Waals surface area contributed by atoms with Gasteiger partial charge in [-0.05, 0) is 37.0 Å². The van der Waals surface area contributed by atoms with Gasteiger partial charge in [0.05, 0.1) is 23.3 Å². The Hall–Kier alpha value is -1.95. The molecule has 0 fully saturated rings. The van der Waals surface area contributed by atoms with E-state index in [2.05, 4.69) is 5.16 Å². The average Bonchev–Trinajstić information content (AvgIpc) is 2.88. The second-order valence-electron chi connectivity index (χ2n) is 5.75. The van der Waals surface area contributed by atoms with Crippen molar-refractivity contribution in [2.24, 2.45) is 0 Å². The van der Waals surface area contributed by atoms with Crippen LogP contribution in [0.15, 0.2) is 28.9 Å². The molecular formula is C17H21NO4S. The molecule has 0 amide bonds. The number of hydrogen-bond acceptors (Lipinski definition) is 5. The number of ketones is 1. The first kappa shape index (κ1) is 17.4. The average molecular weight is 335 g/mol. The minimum atomic E-state index is -3.10. The molecule has 0 N–H and O–H groups in total. The quantitative estimate of drug-likeness (QED) is 0.727. The zero-order chi connectivity index (χ0) is 17.0. The monoisotopic (exact) mass is 335 g/mol. The Labute approximate surface area is 136 Å². The Morgan fingerprint density at radius 1 is 1.26 bits per heavy atom. The largest absolute Gasteiger partial charge is 0.361 e. The third-order valence-electron chi connectivity index (χ3n) is 3.72. The second kappa shape index (κ2) is 7.08. The first-order valence-electron chi connectivity index (χ1n) is 7.55. The minimum absolute atomic E-state index is 0.00854. The maximum Gasteiger partial charge on any atom is 0.172 e. The number of aromatic nitrogens is 1. The Morgan fingerprint density at radius 2 is 2.00 bits per heavy atom. The van der Waals surface area contributed by atoms with E-state index >= 15 is 0 Å². The van der Waals surface area contributed by atoms with Crippen molar-refractivity contribution in [1.29, 1.82) is 0 Å². The number of nitrogens with zero attached hydrogens (tertiary/aromatic N) is 1. The van der Waals surface area contributed by atoms with Crippen molar-refractivity contribution in [3.63, 3.8) is 0 Å². The van der Waals surface area contributed by atoms with Gasteiger partial charge in [-0.3, -0.25) is 4.79 Å². The van der Waals surface area contributed by atoms with E-state index in [1.165, 1.54) is 6.20 Å². The van der Waals surface area contributed by atoms with Crippen molar-refractivity contribution in [3.8, 4) is 0 Å². The summed E-state index contributed by atoms with van der Waals surface area (Å²) in [4.78, 5) is 12.3. The number of carbonyl (C=O) groups excluding carboxylic acids is 1. The zero-order valence-corrected chi connectivity index (χ0v) is 14.4. The maximum absolute atomic E-state index is 12.3. The van der Waals surface area contributed by atoms with Gasteiger partial charge in [0.1, 0.15) is 5.76 Å². The molecule has 6 heteroatoms. The van der Waals surface area contributed by atoms with Crippen molar-refractivity contribution < 1.29 is 17.7 Å². The van der Waals surface area contributed by atoms with E-state index < -0.39 is 9.84 Å². The molecule has 0 unspecified atom stereocenters. The Morgan fingerprint density at radius 3 is 2.61 bits per heavy atom. The van der Waals surface area contributed by atoms with Gasteiger partial charge >= 0.3 is 0 Å². The standard InChI is InChI=1S/C17H21NO4S/c1-4-7-23(20,21)11-14-6-5-12(2)15(8-14)9-17(19)16-10-18-22-13(16)3/h5-6,8,10H,4,7,9,11H2,1-3H3. The summed E-state index contributed by atoms with van der Waals surface area (Å²) in [5.74, 6) is 0.596. The molecule has 1 aromatic carbocycles. The highest BCUT2D eigenvalue weighted by Crippen LogP contribution is 2.18. The lowest BCUT2D eigenvalue weighted by atomic mass is 9.98. The van der Waals surface area contributed by atoms with Gasteiger partial charge in [-0.15, -0.1) is 0 Å². The maximum atomic E-state index is 12.3. The highest BCUT2D eigenvalue weighted by atomic mass is 32.2. The highest BCUT2D eigenvalue weighted by Gasteiger charge is 2.16. The third kappa shape index (κ3) is 4.51. The molecule has 2 aromatic rings. The molecule has 0 spiro atoms. The Bertz CT molecular complexity index is 806. The molecule has 0 radical (unpaired) electrons. The van der Waals surface area contributed by atoms with Crippen LogP contribution in [0.4, 0.5) is 0 Å². The molecule has 0 aliphatic carbocycles. The molecule has 124 valence electrons. The fourth-order valence-electron chi connectivity index (χ4n) is 2.48.